The lowest BCUT2D eigenvalue weighted by Gasteiger charge is -2.27. The number of rotatable bonds is 7. The fourth-order valence-electron chi connectivity index (χ4n) is 3.55. The van der Waals surface area contributed by atoms with Gasteiger partial charge in [-0.3, -0.25) is 4.79 Å². The number of halogens is 1. The van der Waals surface area contributed by atoms with Gasteiger partial charge in [0.25, 0.3) is 0 Å². The van der Waals surface area contributed by atoms with E-state index in [0.29, 0.717) is 29.5 Å². The van der Waals surface area contributed by atoms with Crippen LogP contribution in [0.15, 0.2) is 41.3 Å². The van der Waals surface area contributed by atoms with Crippen LogP contribution in [0.5, 0.6) is 0 Å². The van der Waals surface area contributed by atoms with Crippen molar-refractivity contribution < 1.29 is 13.2 Å². The second-order valence-electron chi connectivity index (χ2n) is 7.92. The van der Waals surface area contributed by atoms with Crippen molar-refractivity contribution in [3.63, 3.8) is 0 Å². The smallest absolute Gasteiger partial charge is 0.243 e. The first-order chi connectivity index (χ1) is 14.7. The van der Waals surface area contributed by atoms with E-state index in [1.54, 1.807) is 30.3 Å². The molecule has 31 heavy (non-hydrogen) atoms. The van der Waals surface area contributed by atoms with Crippen LogP contribution < -0.4 is 15.5 Å². The van der Waals surface area contributed by atoms with Crippen molar-refractivity contribution in [1.29, 1.82) is 0 Å². The van der Waals surface area contributed by atoms with E-state index >= 15 is 0 Å². The summed E-state index contributed by atoms with van der Waals surface area (Å²) in [4.78, 5) is 14.6. The maximum absolute atomic E-state index is 13.1. The van der Waals surface area contributed by atoms with E-state index < -0.39 is 10.0 Å². The van der Waals surface area contributed by atoms with Crippen LogP contribution >= 0.6 is 11.6 Å². The third kappa shape index (κ3) is 5.70. The lowest BCUT2D eigenvalue weighted by molar-refractivity contribution is -0.114. The normalized spacial score (nSPS) is 14.8. The molecule has 0 radical (unpaired) electrons. The number of benzene rings is 2. The Kier molecular flexibility index (Phi) is 7.46. The third-order valence-corrected chi connectivity index (χ3v) is 7.45. The lowest BCUT2D eigenvalue weighted by atomic mass is 10.2. The van der Waals surface area contributed by atoms with Gasteiger partial charge in [-0.15, -0.1) is 0 Å². The first-order valence-electron chi connectivity index (χ1n) is 10.3. The average molecular weight is 465 g/mol. The summed E-state index contributed by atoms with van der Waals surface area (Å²) in [5.41, 5.74) is 2.91. The van der Waals surface area contributed by atoms with Crippen molar-refractivity contribution in [2.45, 2.75) is 31.1 Å². The summed E-state index contributed by atoms with van der Waals surface area (Å²) in [6.07, 6.45) is 2.81. The fourth-order valence-corrected chi connectivity index (χ4v) is 5.38. The number of anilines is 3. The number of hydrogen-bond acceptors (Lipinski definition) is 5. The molecule has 1 fully saturated rings. The topological polar surface area (TPSA) is 81.8 Å². The summed E-state index contributed by atoms with van der Waals surface area (Å²) >= 11 is 6.19. The molecule has 2 N–H and O–H groups in total. The number of amides is 1. The average Bonchev–Trinajstić information content (AvgIpc) is 2.74. The van der Waals surface area contributed by atoms with Gasteiger partial charge in [0.2, 0.25) is 15.9 Å². The second kappa shape index (κ2) is 9.89. The van der Waals surface area contributed by atoms with Crippen molar-refractivity contribution in [3.8, 4) is 0 Å². The standard InChI is InChI=1S/C22H29ClN4O3S/c1-16-7-9-19(18(23)13-16)25-22(28)15-24-20-14-17(8-10-21(20)26(2)3)31(29,30)27-11-5-4-6-12-27/h7-10,13-14,24H,4-6,11-12,15H2,1-3H3,(H,25,28). The first-order valence-corrected chi connectivity index (χ1v) is 12.1. The van der Waals surface area contributed by atoms with Gasteiger partial charge in [-0.2, -0.15) is 4.31 Å². The largest absolute Gasteiger partial charge is 0.376 e. The molecule has 7 nitrogen and oxygen atoms in total. The van der Waals surface area contributed by atoms with Gasteiger partial charge >= 0.3 is 0 Å². The van der Waals surface area contributed by atoms with Crippen LogP contribution in [-0.4, -0.2) is 52.4 Å². The Labute approximate surface area is 189 Å². The number of piperidine rings is 1. The van der Waals surface area contributed by atoms with E-state index in [9.17, 15) is 13.2 Å². The number of aryl methyl sites for hydroxylation is 1. The zero-order valence-electron chi connectivity index (χ0n) is 18.1. The number of nitrogens with one attached hydrogen (secondary N) is 2. The number of carbonyl (C=O) groups is 1. The Balaban J connectivity index is 1.77. The van der Waals surface area contributed by atoms with Crippen LogP contribution in [0.25, 0.3) is 0 Å². The van der Waals surface area contributed by atoms with Crippen LogP contribution in [0.1, 0.15) is 24.8 Å². The van der Waals surface area contributed by atoms with Gasteiger partial charge in [-0.1, -0.05) is 24.1 Å². The van der Waals surface area contributed by atoms with Crippen molar-refractivity contribution in [1.82, 2.24) is 4.31 Å². The Bertz CT molecular complexity index is 1050. The molecule has 1 saturated heterocycles. The van der Waals surface area contributed by atoms with Crippen LogP contribution in [0, 0.1) is 6.92 Å². The molecule has 1 aliphatic heterocycles. The summed E-state index contributed by atoms with van der Waals surface area (Å²) in [6, 6.07) is 10.4. The third-order valence-electron chi connectivity index (χ3n) is 5.24. The molecule has 1 heterocycles. The minimum atomic E-state index is -3.57. The van der Waals surface area contributed by atoms with E-state index in [1.807, 2.05) is 32.0 Å². The highest BCUT2D eigenvalue weighted by Gasteiger charge is 2.26. The summed E-state index contributed by atoms with van der Waals surface area (Å²) in [5, 5.41) is 6.33. The molecular weight excluding hydrogens is 436 g/mol. The molecule has 0 aromatic heterocycles. The van der Waals surface area contributed by atoms with Crippen LogP contribution in [0.3, 0.4) is 0 Å². The first kappa shape index (κ1) is 23.4. The molecular formula is C22H29ClN4O3S. The molecule has 0 spiro atoms. The molecule has 2 aromatic rings. The molecule has 2 aromatic carbocycles. The van der Waals surface area contributed by atoms with Crippen molar-refractivity contribution in [3.05, 3.63) is 47.0 Å². The summed E-state index contributed by atoms with van der Waals surface area (Å²) in [5.74, 6) is -0.278. The van der Waals surface area contributed by atoms with Crippen molar-refractivity contribution in [2.75, 3.05) is 49.3 Å². The van der Waals surface area contributed by atoms with Crippen LogP contribution in [0.2, 0.25) is 5.02 Å². The molecule has 0 aliphatic carbocycles. The molecule has 168 valence electrons. The monoisotopic (exact) mass is 464 g/mol. The second-order valence-corrected chi connectivity index (χ2v) is 10.3. The molecule has 1 amide bonds. The number of hydrogen-bond donors (Lipinski definition) is 2. The fraction of sp³-hybridized carbons (Fsp3) is 0.409. The SMILES string of the molecule is Cc1ccc(NC(=O)CNc2cc(S(=O)(=O)N3CCCCC3)ccc2N(C)C)c(Cl)c1. The van der Waals surface area contributed by atoms with Crippen molar-refractivity contribution >= 4 is 44.6 Å². The minimum Gasteiger partial charge on any atom is -0.376 e. The minimum absolute atomic E-state index is 0.0295. The predicted octanol–water partition coefficient (Wildman–Crippen LogP) is 3.94. The summed E-state index contributed by atoms with van der Waals surface area (Å²) in [7, 11) is 0.166. The van der Waals surface area contributed by atoms with Gasteiger partial charge in [0.05, 0.1) is 33.5 Å². The molecule has 0 bridgehead atoms. The molecule has 9 heteroatoms. The highest BCUT2D eigenvalue weighted by atomic mass is 35.5. The quantitative estimate of drug-likeness (QED) is 0.648. The Morgan fingerprint density at radius 2 is 1.77 bits per heavy atom. The van der Waals surface area contributed by atoms with Crippen LogP contribution in [0.4, 0.5) is 17.1 Å². The number of carbonyl (C=O) groups excluding carboxylic acids is 1. The maximum Gasteiger partial charge on any atom is 0.243 e. The molecule has 3 rings (SSSR count). The van der Waals surface area contributed by atoms with Gasteiger partial charge in [0.1, 0.15) is 0 Å². The number of sulfonamides is 1. The van der Waals surface area contributed by atoms with E-state index in [0.717, 1.165) is 30.5 Å². The summed E-state index contributed by atoms with van der Waals surface area (Å²) < 4.78 is 27.6. The molecule has 0 unspecified atom stereocenters. The van der Waals surface area contributed by atoms with E-state index in [-0.39, 0.29) is 17.3 Å². The highest BCUT2D eigenvalue weighted by Crippen LogP contribution is 2.30. The van der Waals surface area contributed by atoms with E-state index in [4.69, 9.17) is 11.6 Å². The van der Waals surface area contributed by atoms with E-state index in [2.05, 4.69) is 10.6 Å². The molecule has 1 aliphatic rings. The molecule has 0 saturated carbocycles. The highest BCUT2D eigenvalue weighted by molar-refractivity contribution is 7.89. The van der Waals surface area contributed by atoms with Gasteiger partial charge in [0.15, 0.2) is 0 Å². The summed E-state index contributed by atoms with van der Waals surface area (Å²) in [6.45, 7) is 2.98. The van der Waals surface area contributed by atoms with Gasteiger partial charge in [0, 0.05) is 27.2 Å². The van der Waals surface area contributed by atoms with Gasteiger partial charge < -0.3 is 15.5 Å². The lowest BCUT2D eigenvalue weighted by Crippen LogP contribution is -2.35. The van der Waals surface area contributed by atoms with Crippen molar-refractivity contribution in [2.24, 2.45) is 0 Å². The molecule has 0 atom stereocenters. The number of nitrogens with zero attached hydrogens (tertiary/aromatic N) is 2. The zero-order valence-corrected chi connectivity index (χ0v) is 19.7. The van der Waals surface area contributed by atoms with E-state index in [1.165, 1.54) is 4.31 Å². The Morgan fingerprint density at radius 1 is 1.06 bits per heavy atom. The predicted molar refractivity (Wildman–Crippen MR) is 127 cm³/mol. The van der Waals surface area contributed by atoms with Gasteiger partial charge in [-0.25, -0.2) is 8.42 Å². The van der Waals surface area contributed by atoms with Gasteiger partial charge in [-0.05, 0) is 55.7 Å². The zero-order chi connectivity index (χ0) is 22.6. The Hall–Kier alpha value is -2.29. The Morgan fingerprint density at radius 3 is 2.42 bits per heavy atom. The maximum atomic E-state index is 13.1. The van der Waals surface area contributed by atoms with Crippen LogP contribution in [-0.2, 0) is 14.8 Å².